The van der Waals surface area contributed by atoms with Gasteiger partial charge in [-0.05, 0) is 51.4 Å². The van der Waals surface area contributed by atoms with Gasteiger partial charge in [0.1, 0.15) is 0 Å². The van der Waals surface area contributed by atoms with Crippen LogP contribution in [0.25, 0.3) is 0 Å². The Morgan fingerprint density at radius 1 is 0.250 bits per heavy atom. The van der Waals surface area contributed by atoms with Gasteiger partial charge in [0, 0.05) is 0 Å². The summed E-state index contributed by atoms with van der Waals surface area (Å²) in [6.45, 7) is 7.58. The Hall–Kier alpha value is -0.780. The highest BCUT2D eigenvalue weighted by Crippen LogP contribution is 2.14. The summed E-state index contributed by atoms with van der Waals surface area (Å²) in [5, 5.41) is 0. The first-order valence-electron chi connectivity index (χ1n) is 14.8. The number of rotatable bonds is 28. The summed E-state index contributed by atoms with van der Waals surface area (Å²) in [6, 6.07) is 0. The molecule has 0 saturated heterocycles. The maximum absolute atomic E-state index is 3.79. The van der Waals surface area contributed by atoms with Gasteiger partial charge in [-0.1, -0.05) is 140 Å². The van der Waals surface area contributed by atoms with Gasteiger partial charge in [-0.25, -0.2) is 0 Å². The van der Waals surface area contributed by atoms with Crippen molar-refractivity contribution in [3.05, 3.63) is 37.5 Å². The Kier molecular flexibility index (Phi) is 29.5. The molecule has 0 spiro atoms. The second kappa shape index (κ2) is 30.2. The lowest BCUT2D eigenvalue weighted by Gasteiger charge is -2.03. The quantitative estimate of drug-likeness (QED) is 0.0831. The monoisotopic (exact) mass is 444 g/mol. The third kappa shape index (κ3) is 29.2. The van der Waals surface area contributed by atoms with Gasteiger partial charge in [0.2, 0.25) is 0 Å². The highest BCUT2D eigenvalue weighted by atomic mass is 14.0. The van der Waals surface area contributed by atoms with Crippen molar-refractivity contribution in [1.82, 2.24) is 0 Å². The normalized spacial score (nSPS) is 11.4. The Morgan fingerprint density at radius 3 is 0.656 bits per heavy atom. The fourth-order valence-corrected chi connectivity index (χ4v) is 4.52. The van der Waals surface area contributed by atoms with Crippen LogP contribution in [0.4, 0.5) is 0 Å². The maximum atomic E-state index is 3.79. The zero-order valence-corrected chi connectivity index (χ0v) is 22.1. The number of hydrogen-bond donors (Lipinski definition) is 0. The van der Waals surface area contributed by atoms with E-state index in [9.17, 15) is 0 Å². The second-order valence-electron chi connectivity index (χ2n) is 9.98. The number of unbranched alkanes of at least 4 members (excludes halogenated alkanes) is 24. The van der Waals surface area contributed by atoms with Crippen molar-refractivity contribution in [2.24, 2.45) is 0 Å². The number of hydrogen-bond acceptors (Lipinski definition) is 0. The smallest absolute Gasteiger partial charge is 0.0351 e. The molecular formula is C32H60. The lowest BCUT2D eigenvalue weighted by molar-refractivity contribution is 0.534. The summed E-state index contributed by atoms with van der Waals surface area (Å²) >= 11 is 0. The molecule has 0 radical (unpaired) electrons. The van der Waals surface area contributed by atoms with Crippen LogP contribution in [0.15, 0.2) is 37.5 Å². The fourth-order valence-electron chi connectivity index (χ4n) is 4.52. The molecule has 0 aromatic heterocycles. The van der Waals surface area contributed by atoms with Crippen molar-refractivity contribution in [2.75, 3.05) is 0 Å². The predicted molar refractivity (Wildman–Crippen MR) is 150 cm³/mol. The summed E-state index contributed by atoms with van der Waals surface area (Å²) in [6.07, 6.45) is 45.4. The van der Waals surface area contributed by atoms with E-state index in [0.717, 1.165) is 0 Å². The standard InChI is InChI=1S/C32H60/c1-3-5-7-9-11-13-15-17-19-21-23-25-27-29-31-32-30-28-26-24-22-20-18-16-14-12-10-8-6-4-2/h3-4,25,27H,1-2,5-24,26,28-32H2. The molecule has 0 saturated carbocycles. The highest BCUT2D eigenvalue weighted by molar-refractivity contribution is 4.81. The van der Waals surface area contributed by atoms with E-state index in [0.29, 0.717) is 0 Å². The molecule has 0 unspecified atom stereocenters. The third-order valence-corrected chi connectivity index (χ3v) is 6.72. The number of allylic oxidation sites excluding steroid dienone is 4. The largest absolute Gasteiger partial charge is 0.103 e. The Morgan fingerprint density at radius 2 is 0.438 bits per heavy atom. The fraction of sp³-hybridized carbons (Fsp3) is 0.812. The zero-order chi connectivity index (χ0) is 23.2. The first-order valence-corrected chi connectivity index (χ1v) is 14.8. The highest BCUT2D eigenvalue weighted by Gasteiger charge is 1.95. The van der Waals surface area contributed by atoms with Crippen molar-refractivity contribution in [3.8, 4) is 0 Å². The van der Waals surface area contributed by atoms with Crippen molar-refractivity contribution >= 4 is 0 Å². The van der Waals surface area contributed by atoms with Gasteiger partial charge in [-0.2, -0.15) is 0 Å². The minimum Gasteiger partial charge on any atom is -0.103 e. The van der Waals surface area contributed by atoms with Crippen LogP contribution in [-0.4, -0.2) is 0 Å². The molecule has 0 bridgehead atoms. The van der Waals surface area contributed by atoms with Gasteiger partial charge >= 0.3 is 0 Å². The van der Waals surface area contributed by atoms with Gasteiger partial charge in [0.15, 0.2) is 0 Å². The van der Waals surface area contributed by atoms with Gasteiger partial charge in [0.25, 0.3) is 0 Å². The van der Waals surface area contributed by atoms with Crippen LogP contribution in [0.2, 0.25) is 0 Å². The topological polar surface area (TPSA) is 0 Å². The Balaban J connectivity index is 3.07. The molecule has 0 fully saturated rings. The average molecular weight is 445 g/mol. The SMILES string of the molecule is C=CCCCCCCCCCCC=CCCCCCCCCCCCCCCCCC=C. The minimum atomic E-state index is 1.20. The Labute approximate surface area is 204 Å². The summed E-state index contributed by atoms with van der Waals surface area (Å²) in [7, 11) is 0. The van der Waals surface area contributed by atoms with Crippen LogP contribution in [0, 0.1) is 0 Å². The zero-order valence-electron chi connectivity index (χ0n) is 22.1. The van der Waals surface area contributed by atoms with Crippen molar-refractivity contribution in [1.29, 1.82) is 0 Å². The lowest BCUT2D eigenvalue weighted by atomic mass is 10.0. The first-order chi connectivity index (χ1) is 15.9. The molecule has 0 N–H and O–H groups in total. The molecule has 0 aromatic rings. The molecule has 32 heavy (non-hydrogen) atoms. The molecule has 0 amide bonds. The molecule has 0 aliphatic carbocycles. The van der Waals surface area contributed by atoms with E-state index in [4.69, 9.17) is 0 Å². The van der Waals surface area contributed by atoms with E-state index >= 15 is 0 Å². The van der Waals surface area contributed by atoms with E-state index < -0.39 is 0 Å². The molecule has 0 aliphatic heterocycles. The van der Waals surface area contributed by atoms with Crippen LogP contribution < -0.4 is 0 Å². The third-order valence-electron chi connectivity index (χ3n) is 6.72. The lowest BCUT2D eigenvalue weighted by Crippen LogP contribution is -1.83. The molecule has 0 aromatic carbocycles. The molecule has 0 aliphatic rings. The van der Waals surface area contributed by atoms with E-state index in [1.807, 2.05) is 6.08 Å². The van der Waals surface area contributed by atoms with E-state index in [-0.39, 0.29) is 0 Å². The van der Waals surface area contributed by atoms with Crippen LogP contribution >= 0.6 is 0 Å². The molecule has 188 valence electrons. The molecule has 0 heteroatoms. The van der Waals surface area contributed by atoms with E-state index in [1.165, 1.54) is 167 Å². The molecule has 0 heterocycles. The van der Waals surface area contributed by atoms with Crippen LogP contribution in [0.5, 0.6) is 0 Å². The summed E-state index contributed by atoms with van der Waals surface area (Å²) < 4.78 is 0. The van der Waals surface area contributed by atoms with Crippen LogP contribution in [0.3, 0.4) is 0 Å². The molecule has 0 rings (SSSR count). The van der Waals surface area contributed by atoms with Crippen LogP contribution in [-0.2, 0) is 0 Å². The predicted octanol–water partition coefficient (Wildman–Crippen LogP) is 12.1. The maximum Gasteiger partial charge on any atom is -0.0351 e. The van der Waals surface area contributed by atoms with Gasteiger partial charge < -0.3 is 0 Å². The summed E-state index contributed by atoms with van der Waals surface area (Å²) in [5.41, 5.74) is 0. The van der Waals surface area contributed by atoms with Gasteiger partial charge in [-0.3, -0.25) is 0 Å². The van der Waals surface area contributed by atoms with E-state index in [2.05, 4.69) is 31.4 Å². The molecule has 0 atom stereocenters. The minimum absolute atomic E-state index is 1.20. The van der Waals surface area contributed by atoms with Gasteiger partial charge in [0.05, 0.1) is 0 Å². The van der Waals surface area contributed by atoms with Crippen LogP contribution in [0.1, 0.15) is 167 Å². The van der Waals surface area contributed by atoms with Gasteiger partial charge in [-0.15, -0.1) is 13.2 Å². The summed E-state index contributed by atoms with van der Waals surface area (Å²) in [5.74, 6) is 0. The molecular weight excluding hydrogens is 384 g/mol. The first kappa shape index (κ1) is 31.2. The summed E-state index contributed by atoms with van der Waals surface area (Å²) in [4.78, 5) is 0. The van der Waals surface area contributed by atoms with Crippen molar-refractivity contribution in [3.63, 3.8) is 0 Å². The van der Waals surface area contributed by atoms with E-state index in [1.54, 1.807) is 0 Å². The molecule has 0 nitrogen and oxygen atoms in total. The van der Waals surface area contributed by atoms with Crippen molar-refractivity contribution in [2.45, 2.75) is 167 Å². The second-order valence-corrected chi connectivity index (χ2v) is 9.98. The average Bonchev–Trinajstić information content (AvgIpc) is 2.81. The van der Waals surface area contributed by atoms with Crippen molar-refractivity contribution < 1.29 is 0 Å². The Bertz CT molecular complexity index is 377.